The fourth-order valence-corrected chi connectivity index (χ4v) is 4.17. The van der Waals surface area contributed by atoms with Crippen LogP contribution >= 0.6 is 0 Å². The summed E-state index contributed by atoms with van der Waals surface area (Å²) in [5, 5.41) is 4.13. The average molecular weight is 388 g/mol. The molecule has 0 spiro atoms. The summed E-state index contributed by atoms with van der Waals surface area (Å²) in [6, 6.07) is 8.23. The quantitative estimate of drug-likeness (QED) is 0.531. The molecule has 1 aliphatic heterocycles. The molecule has 0 bridgehead atoms. The first-order valence-electron chi connectivity index (χ1n) is 10.0. The van der Waals surface area contributed by atoms with Gasteiger partial charge in [-0.1, -0.05) is 5.16 Å². The maximum absolute atomic E-state index is 5.20. The first-order valence-corrected chi connectivity index (χ1v) is 10.0. The molecule has 0 radical (unpaired) electrons. The Morgan fingerprint density at radius 3 is 2.79 bits per heavy atom. The van der Waals surface area contributed by atoms with Crippen LogP contribution in [0.5, 0.6) is 0 Å². The average Bonchev–Trinajstić information content (AvgIpc) is 3.34. The third-order valence-electron chi connectivity index (χ3n) is 5.74. The maximum atomic E-state index is 5.20. The molecule has 4 aromatic rings. The van der Waals surface area contributed by atoms with Crippen LogP contribution < -0.4 is 0 Å². The molecular formula is C22H24N6O. The summed E-state index contributed by atoms with van der Waals surface area (Å²) in [4.78, 5) is 16.4. The lowest BCUT2D eigenvalue weighted by molar-refractivity contribution is 0.198. The third-order valence-corrected chi connectivity index (χ3v) is 5.74. The summed E-state index contributed by atoms with van der Waals surface area (Å²) in [5.74, 6) is 1.31. The van der Waals surface area contributed by atoms with Crippen LogP contribution in [0.15, 0.2) is 47.5 Å². The lowest BCUT2D eigenvalue weighted by Crippen LogP contribution is -2.32. The Hall–Kier alpha value is -3.06. The number of hydrogen-bond donors (Lipinski definition) is 0. The number of fused-ring (bicyclic) bond motifs is 1. The van der Waals surface area contributed by atoms with Gasteiger partial charge >= 0.3 is 0 Å². The summed E-state index contributed by atoms with van der Waals surface area (Å²) < 4.78 is 7.27. The van der Waals surface area contributed by atoms with Gasteiger partial charge in [0, 0.05) is 49.2 Å². The summed E-state index contributed by atoms with van der Waals surface area (Å²) >= 11 is 0. The minimum Gasteiger partial charge on any atom is -0.361 e. The molecule has 0 unspecified atom stereocenters. The number of piperidine rings is 1. The number of likely N-dealkylation sites (tertiary alicyclic amines) is 1. The number of imidazole rings is 1. The zero-order valence-corrected chi connectivity index (χ0v) is 16.7. The van der Waals surface area contributed by atoms with Crippen molar-refractivity contribution >= 4 is 11.0 Å². The Labute approximate surface area is 169 Å². The van der Waals surface area contributed by atoms with Crippen molar-refractivity contribution in [1.29, 1.82) is 0 Å². The van der Waals surface area contributed by atoms with Crippen molar-refractivity contribution in [3.63, 3.8) is 0 Å². The van der Waals surface area contributed by atoms with Gasteiger partial charge in [0.1, 0.15) is 11.3 Å². The van der Waals surface area contributed by atoms with E-state index in [1.54, 1.807) is 6.20 Å². The third kappa shape index (κ3) is 3.53. The van der Waals surface area contributed by atoms with Gasteiger partial charge in [-0.15, -0.1) is 0 Å². The van der Waals surface area contributed by atoms with E-state index in [0.29, 0.717) is 5.92 Å². The number of rotatable bonds is 4. The molecule has 4 aromatic heterocycles. The van der Waals surface area contributed by atoms with E-state index < -0.39 is 0 Å². The molecule has 148 valence electrons. The van der Waals surface area contributed by atoms with E-state index in [0.717, 1.165) is 71.9 Å². The van der Waals surface area contributed by atoms with Crippen LogP contribution in [0.3, 0.4) is 0 Å². The lowest BCUT2D eigenvalue weighted by Gasteiger charge is -2.31. The fourth-order valence-electron chi connectivity index (χ4n) is 4.17. The van der Waals surface area contributed by atoms with Crippen molar-refractivity contribution in [3.8, 4) is 11.3 Å². The molecule has 0 saturated carbocycles. The molecule has 29 heavy (non-hydrogen) atoms. The molecule has 0 amide bonds. The number of aromatic nitrogens is 5. The van der Waals surface area contributed by atoms with Crippen molar-refractivity contribution in [3.05, 3.63) is 60.1 Å². The Morgan fingerprint density at radius 1 is 1.21 bits per heavy atom. The van der Waals surface area contributed by atoms with Crippen LogP contribution in [0.1, 0.15) is 35.9 Å². The van der Waals surface area contributed by atoms with Crippen LogP contribution in [0.2, 0.25) is 0 Å². The van der Waals surface area contributed by atoms with Crippen LogP contribution in [0.25, 0.3) is 22.3 Å². The molecule has 7 heteroatoms. The molecule has 0 aromatic carbocycles. The Balaban J connectivity index is 1.40. The SMILES string of the molecule is Cc1cc(CN2CCC(c3cc4c(ncn4C)c(-c4cccnc4)n3)CC2)no1. The number of pyridine rings is 2. The van der Waals surface area contributed by atoms with Gasteiger partial charge in [0.05, 0.1) is 23.2 Å². The van der Waals surface area contributed by atoms with Gasteiger partial charge in [-0.25, -0.2) is 4.98 Å². The van der Waals surface area contributed by atoms with E-state index in [1.165, 1.54) is 0 Å². The first kappa shape index (κ1) is 18.0. The number of nitrogens with zero attached hydrogens (tertiary/aromatic N) is 6. The normalized spacial score (nSPS) is 15.9. The summed E-state index contributed by atoms with van der Waals surface area (Å²) in [6.45, 7) is 4.84. The zero-order valence-electron chi connectivity index (χ0n) is 16.7. The number of hydrogen-bond acceptors (Lipinski definition) is 6. The maximum Gasteiger partial charge on any atom is 0.133 e. The predicted octanol–water partition coefficient (Wildman–Crippen LogP) is 3.71. The van der Waals surface area contributed by atoms with Crippen LogP contribution in [0, 0.1) is 6.92 Å². The van der Waals surface area contributed by atoms with Crippen molar-refractivity contribution in [1.82, 2.24) is 29.6 Å². The molecule has 1 fully saturated rings. The molecule has 0 atom stereocenters. The molecule has 7 nitrogen and oxygen atoms in total. The van der Waals surface area contributed by atoms with Crippen LogP contribution in [-0.4, -0.2) is 42.7 Å². The highest BCUT2D eigenvalue weighted by molar-refractivity contribution is 5.89. The summed E-state index contributed by atoms with van der Waals surface area (Å²) in [5.41, 5.74) is 6.15. The first-order chi connectivity index (χ1) is 14.2. The Kier molecular flexibility index (Phi) is 4.60. The predicted molar refractivity (Wildman–Crippen MR) is 110 cm³/mol. The van der Waals surface area contributed by atoms with Gasteiger partial charge in [-0.2, -0.15) is 0 Å². The van der Waals surface area contributed by atoms with E-state index in [2.05, 4.69) is 36.7 Å². The second kappa shape index (κ2) is 7.40. The second-order valence-corrected chi connectivity index (χ2v) is 7.84. The molecule has 5 rings (SSSR count). The molecular weight excluding hydrogens is 364 g/mol. The van der Waals surface area contributed by atoms with E-state index in [1.807, 2.05) is 38.6 Å². The Morgan fingerprint density at radius 2 is 2.07 bits per heavy atom. The van der Waals surface area contributed by atoms with E-state index in [4.69, 9.17) is 9.51 Å². The minimum atomic E-state index is 0.444. The van der Waals surface area contributed by atoms with Gasteiger partial charge in [0.15, 0.2) is 0 Å². The summed E-state index contributed by atoms with van der Waals surface area (Å²) in [6.07, 6.45) is 7.68. The molecule has 0 aliphatic carbocycles. The zero-order chi connectivity index (χ0) is 19.8. The fraction of sp³-hybridized carbons (Fsp3) is 0.364. The largest absolute Gasteiger partial charge is 0.361 e. The van der Waals surface area contributed by atoms with Crippen molar-refractivity contribution in [2.45, 2.75) is 32.2 Å². The smallest absolute Gasteiger partial charge is 0.133 e. The van der Waals surface area contributed by atoms with Crippen molar-refractivity contribution in [2.24, 2.45) is 7.05 Å². The van der Waals surface area contributed by atoms with Crippen molar-refractivity contribution < 1.29 is 4.52 Å². The Bertz CT molecular complexity index is 1120. The molecule has 5 heterocycles. The van der Waals surface area contributed by atoms with Gasteiger partial charge < -0.3 is 9.09 Å². The van der Waals surface area contributed by atoms with Crippen LogP contribution in [-0.2, 0) is 13.6 Å². The van der Waals surface area contributed by atoms with E-state index >= 15 is 0 Å². The molecule has 1 aliphatic rings. The molecule has 1 saturated heterocycles. The van der Waals surface area contributed by atoms with Gasteiger partial charge in [-0.3, -0.25) is 14.9 Å². The standard InChI is InChI=1S/C22H24N6O/c1-15-10-18(26-29-15)13-28-8-5-16(6-9-28)19-11-20-22(24-14-27(20)2)21(25-19)17-4-3-7-23-12-17/h3-4,7,10-12,14,16H,5-6,8-9,13H2,1-2H3. The topological polar surface area (TPSA) is 72.9 Å². The second-order valence-electron chi connectivity index (χ2n) is 7.84. The minimum absolute atomic E-state index is 0.444. The van der Waals surface area contributed by atoms with Crippen LogP contribution in [0.4, 0.5) is 0 Å². The van der Waals surface area contributed by atoms with E-state index in [-0.39, 0.29) is 0 Å². The van der Waals surface area contributed by atoms with Crippen molar-refractivity contribution in [2.75, 3.05) is 13.1 Å². The monoisotopic (exact) mass is 388 g/mol. The van der Waals surface area contributed by atoms with Gasteiger partial charge in [-0.05, 0) is 51.1 Å². The highest BCUT2D eigenvalue weighted by atomic mass is 16.5. The van der Waals surface area contributed by atoms with Gasteiger partial charge in [0.25, 0.3) is 0 Å². The summed E-state index contributed by atoms with van der Waals surface area (Å²) in [7, 11) is 2.04. The lowest BCUT2D eigenvalue weighted by atomic mass is 9.92. The molecule has 0 N–H and O–H groups in total. The van der Waals surface area contributed by atoms with Gasteiger partial charge in [0.2, 0.25) is 0 Å². The highest BCUT2D eigenvalue weighted by Gasteiger charge is 2.24. The highest BCUT2D eigenvalue weighted by Crippen LogP contribution is 2.33. The number of aryl methyl sites for hydroxylation is 2. The van der Waals surface area contributed by atoms with E-state index in [9.17, 15) is 0 Å².